The van der Waals surface area contributed by atoms with Crippen molar-refractivity contribution in [3.05, 3.63) is 17.5 Å². The fourth-order valence-corrected chi connectivity index (χ4v) is 2.31. The van der Waals surface area contributed by atoms with Gasteiger partial charge < -0.3 is 10.1 Å². The average Bonchev–Trinajstić information content (AvgIpc) is 2.79. The quantitative estimate of drug-likeness (QED) is 0.687. The third-order valence-corrected chi connectivity index (χ3v) is 3.41. The third-order valence-electron chi connectivity index (χ3n) is 3.41. The predicted octanol–water partition coefficient (Wildman–Crippen LogP) is 2.54. The molecule has 0 amide bonds. The largest absolute Gasteiger partial charge is 0.383 e. The van der Waals surface area contributed by atoms with Crippen molar-refractivity contribution >= 4 is 0 Å². The summed E-state index contributed by atoms with van der Waals surface area (Å²) in [4.78, 5) is 0. The van der Waals surface area contributed by atoms with E-state index in [4.69, 9.17) is 4.74 Å². The van der Waals surface area contributed by atoms with Gasteiger partial charge in [0.15, 0.2) is 0 Å². The smallest absolute Gasteiger partial charge is 0.0587 e. The third kappa shape index (κ3) is 3.82. The van der Waals surface area contributed by atoms with Crippen LogP contribution in [0.5, 0.6) is 0 Å². The highest BCUT2D eigenvalue weighted by molar-refractivity contribution is 5.18. The van der Waals surface area contributed by atoms with Crippen LogP contribution in [0.15, 0.2) is 6.20 Å². The lowest BCUT2D eigenvalue weighted by atomic mass is 10.1. The molecule has 1 aromatic rings. The van der Waals surface area contributed by atoms with Crippen LogP contribution in [0.3, 0.4) is 0 Å². The summed E-state index contributed by atoms with van der Waals surface area (Å²) in [5, 5.41) is 7.96. The van der Waals surface area contributed by atoms with Gasteiger partial charge in [0.1, 0.15) is 0 Å². The first-order valence-electron chi connectivity index (χ1n) is 7.03. The number of hydrogen-bond donors (Lipinski definition) is 1. The minimum absolute atomic E-state index is 0.535. The number of hydrogen-bond acceptors (Lipinski definition) is 3. The molecule has 0 atom stereocenters. The van der Waals surface area contributed by atoms with Gasteiger partial charge in [-0.15, -0.1) is 0 Å². The molecule has 0 aliphatic rings. The van der Waals surface area contributed by atoms with Crippen LogP contribution in [0.1, 0.15) is 50.9 Å². The van der Waals surface area contributed by atoms with E-state index in [0.717, 1.165) is 39.0 Å². The van der Waals surface area contributed by atoms with Gasteiger partial charge in [-0.3, -0.25) is 4.68 Å². The van der Waals surface area contributed by atoms with E-state index >= 15 is 0 Å². The van der Waals surface area contributed by atoms with Crippen molar-refractivity contribution in [1.29, 1.82) is 0 Å². The maximum Gasteiger partial charge on any atom is 0.0587 e. The summed E-state index contributed by atoms with van der Waals surface area (Å²) in [6, 6.07) is 0.535. The molecular formula is C14H27N3O. The monoisotopic (exact) mass is 253 g/mol. The van der Waals surface area contributed by atoms with E-state index in [0.29, 0.717) is 6.04 Å². The van der Waals surface area contributed by atoms with Gasteiger partial charge >= 0.3 is 0 Å². The second kappa shape index (κ2) is 8.27. The topological polar surface area (TPSA) is 39.1 Å². The van der Waals surface area contributed by atoms with Crippen LogP contribution in [0.25, 0.3) is 0 Å². The maximum absolute atomic E-state index is 5.03. The molecule has 0 fully saturated rings. The fourth-order valence-electron chi connectivity index (χ4n) is 2.31. The highest BCUT2D eigenvalue weighted by Gasteiger charge is 2.14. The Balaban J connectivity index is 2.68. The lowest BCUT2D eigenvalue weighted by Crippen LogP contribution is -2.19. The lowest BCUT2D eigenvalue weighted by Gasteiger charge is -2.17. The Hall–Kier alpha value is -0.870. The molecular weight excluding hydrogens is 226 g/mol. The summed E-state index contributed by atoms with van der Waals surface area (Å²) in [5.74, 6) is 0. The number of nitrogens with zero attached hydrogens (tertiary/aromatic N) is 2. The predicted molar refractivity (Wildman–Crippen MR) is 74.8 cm³/mol. The molecule has 0 bridgehead atoms. The normalized spacial score (nSPS) is 11.4. The Morgan fingerprint density at radius 1 is 1.33 bits per heavy atom. The van der Waals surface area contributed by atoms with Crippen molar-refractivity contribution in [3.8, 4) is 0 Å². The summed E-state index contributed by atoms with van der Waals surface area (Å²) in [7, 11) is 1.73. The molecule has 18 heavy (non-hydrogen) atoms. The first-order valence-corrected chi connectivity index (χ1v) is 7.03. The summed E-state index contributed by atoms with van der Waals surface area (Å²) in [5.41, 5.74) is 2.69. The summed E-state index contributed by atoms with van der Waals surface area (Å²) >= 11 is 0. The van der Waals surface area contributed by atoms with Crippen LogP contribution in [0.2, 0.25) is 0 Å². The van der Waals surface area contributed by atoms with Gasteiger partial charge in [-0.1, -0.05) is 20.8 Å². The van der Waals surface area contributed by atoms with Gasteiger partial charge in [-0.05, 0) is 19.3 Å². The van der Waals surface area contributed by atoms with E-state index in [2.05, 4.69) is 35.9 Å². The van der Waals surface area contributed by atoms with Gasteiger partial charge in [0, 0.05) is 31.5 Å². The number of nitrogens with one attached hydrogen (secondary N) is 1. The second-order valence-corrected chi connectivity index (χ2v) is 4.55. The molecule has 1 heterocycles. The highest BCUT2D eigenvalue weighted by atomic mass is 16.5. The number of methoxy groups -OCH3 is 1. The van der Waals surface area contributed by atoms with Crippen LogP contribution >= 0.6 is 0 Å². The van der Waals surface area contributed by atoms with Crippen molar-refractivity contribution < 1.29 is 4.74 Å². The summed E-state index contributed by atoms with van der Waals surface area (Å²) < 4.78 is 7.25. The molecule has 0 aliphatic carbocycles. The molecule has 0 aliphatic heterocycles. The van der Waals surface area contributed by atoms with E-state index in [1.54, 1.807) is 7.11 Å². The minimum Gasteiger partial charge on any atom is -0.383 e. The van der Waals surface area contributed by atoms with Gasteiger partial charge in [-0.25, -0.2) is 0 Å². The molecule has 1 aromatic heterocycles. The van der Waals surface area contributed by atoms with Crippen LogP contribution in [0, 0.1) is 0 Å². The molecule has 1 rings (SSSR count). The zero-order valence-corrected chi connectivity index (χ0v) is 12.2. The average molecular weight is 253 g/mol. The van der Waals surface area contributed by atoms with Crippen LogP contribution in [-0.4, -0.2) is 30.0 Å². The van der Waals surface area contributed by atoms with Crippen molar-refractivity contribution in [2.24, 2.45) is 0 Å². The minimum atomic E-state index is 0.535. The standard InChI is InChI=1S/C14H27N3O/c1-5-13(6-2)17-14(7-3)12(11-16-17)10-15-8-9-18-4/h11,13,15H,5-10H2,1-4H3. The SMILES string of the molecule is CCc1c(CNCCOC)cnn1C(CC)CC. The fraction of sp³-hybridized carbons (Fsp3) is 0.786. The molecule has 0 saturated carbocycles. The van der Waals surface area contributed by atoms with Crippen LogP contribution < -0.4 is 5.32 Å². The maximum atomic E-state index is 5.03. The van der Waals surface area contributed by atoms with Crippen molar-refractivity contribution in [2.45, 2.75) is 52.6 Å². The van der Waals surface area contributed by atoms with E-state index in [1.165, 1.54) is 11.3 Å². The molecule has 0 spiro atoms. The van der Waals surface area contributed by atoms with Gasteiger partial charge in [0.25, 0.3) is 0 Å². The van der Waals surface area contributed by atoms with Crippen LogP contribution in [-0.2, 0) is 17.7 Å². The second-order valence-electron chi connectivity index (χ2n) is 4.55. The molecule has 0 saturated heterocycles. The van der Waals surface area contributed by atoms with E-state index in [9.17, 15) is 0 Å². The van der Waals surface area contributed by atoms with Crippen molar-refractivity contribution in [2.75, 3.05) is 20.3 Å². The molecule has 1 N–H and O–H groups in total. The van der Waals surface area contributed by atoms with Gasteiger partial charge in [-0.2, -0.15) is 5.10 Å². The van der Waals surface area contributed by atoms with Crippen molar-refractivity contribution in [1.82, 2.24) is 15.1 Å². The van der Waals surface area contributed by atoms with Gasteiger partial charge in [0.2, 0.25) is 0 Å². The van der Waals surface area contributed by atoms with E-state index in [-0.39, 0.29) is 0 Å². The lowest BCUT2D eigenvalue weighted by molar-refractivity contribution is 0.199. The number of aromatic nitrogens is 2. The Bertz CT molecular complexity index is 332. The number of rotatable bonds is 9. The molecule has 0 radical (unpaired) electrons. The van der Waals surface area contributed by atoms with E-state index < -0.39 is 0 Å². The van der Waals surface area contributed by atoms with E-state index in [1.807, 2.05) is 6.20 Å². The highest BCUT2D eigenvalue weighted by Crippen LogP contribution is 2.20. The Kier molecular flexibility index (Phi) is 6.98. The molecule has 4 heteroatoms. The Morgan fingerprint density at radius 3 is 2.61 bits per heavy atom. The Morgan fingerprint density at radius 2 is 2.06 bits per heavy atom. The molecule has 104 valence electrons. The number of ether oxygens (including phenoxy) is 1. The molecule has 0 aromatic carbocycles. The van der Waals surface area contributed by atoms with Crippen molar-refractivity contribution in [3.63, 3.8) is 0 Å². The zero-order chi connectivity index (χ0) is 13.4. The Labute approximate surface area is 111 Å². The first-order chi connectivity index (χ1) is 8.78. The first kappa shape index (κ1) is 15.2. The van der Waals surface area contributed by atoms with Gasteiger partial charge in [0.05, 0.1) is 18.8 Å². The zero-order valence-electron chi connectivity index (χ0n) is 12.2. The van der Waals surface area contributed by atoms with Crippen LogP contribution in [0.4, 0.5) is 0 Å². The summed E-state index contributed by atoms with van der Waals surface area (Å²) in [6.45, 7) is 9.18. The molecule has 4 nitrogen and oxygen atoms in total. The summed E-state index contributed by atoms with van der Waals surface area (Å²) in [6.07, 6.45) is 5.33. The molecule has 0 unspecified atom stereocenters.